The van der Waals surface area contributed by atoms with Crippen LogP contribution in [-0.4, -0.2) is 23.8 Å². The van der Waals surface area contributed by atoms with E-state index in [9.17, 15) is 5.11 Å². The number of aliphatic hydroxyl groups excluding tert-OH is 1. The van der Waals surface area contributed by atoms with Gasteiger partial charge in [0.15, 0.2) is 12.1 Å². The largest absolute Gasteiger partial charge is 0.366 e. The topological polar surface area (TPSA) is 38.7 Å². The monoisotopic (exact) mass is 308 g/mol. The van der Waals surface area contributed by atoms with Crippen molar-refractivity contribution in [2.75, 3.05) is 6.61 Å². The first kappa shape index (κ1) is 14.6. The van der Waals surface area contributed by atoms with E-state index in [-0.39, 0.29) is 18.4 Å². The Morgan fingerprint density at radius 2 is 1.57 bits per heavy atom. The van der Waals surface area contributed by atoms with Crippen LogP contribution in [0.15, 0.2) is 72.8 Å². The first-order valence-electron chi connectivity index (χ1n) is 8.05. The summed E-state index contributed by atoms with van der Waals surface area (Å²) in [6.07, 6.45) is 3.99. The molecule has 1 aliphatic heterocycles. The first-order valence-corrected chi connectivity index (χ1v) is 8.05. The second-order valence-electron chi connectivity index (χ2n) is 6.21. The van der Waals surface area contributed by atoms with E-state index < -0.39 is 12.1 Å². The van der Waals surface area contributed by atoms with Gasteiger partial charge in [0.05, 0.1) is 0 Å². The Balaban J connectivity index is 1.73. The second kappa shape index (κ2) is 5.93. The highest BCUT2D eigenvalue weighted by molar-refractivity contribution is 5.35. The van der Waals surface area contributed by atoms with Crippen molar-refractivity contribution in [3.05, 3.63) is 83.9 Å². The second-order valence-corrected chi connectivity index (χ2v) is 6.21. The van der Waals surface area contributed by atoms with Gasteiger partial charge < -0.3 is 14.6 Å². The number of benzene rings is 2. The lowest BCUT2D eigenvalue weighted by molar-refractivity contribution is -0.175. The van der Waals surface area contributed by atoms with Crippen molar-refractivity contribution in [2.24, 2.45) is 0 Å². The lowest BCUT2D eigenvalue weighted by atomic mass is 9.74. The quantitative estimate of drug-likeness (QED) is 0.862. The van der Waals surface area contributed by atoms with Crippen LogP contribution in [0.4, 0.5) is 0 Å². The summed E-state index contributed by atoms with van der Waals surface area (Å²) in [5.41, 5.74) is 2.55. The minimum Gasteiger partial charge on any atom is -0.366 e. The number of allylic oxidation sites excluding steroid dienone is 1. The third-order valence-corrected chi connectivity index (χ3v) is 4.71. The molecule has 0 radical (unpaired) electrons. The van der Waals surface area contributed by atoms with Crippen LogP contribution in [0.5, 0.6) is 0 Å². The molecule has 0 amide bonds. The zero-order valence-electron chi connectivity index (χ0n) is 12.8. The van der Waals surface area contributed by atoms with Crippen LogP contribution < -0.4 is 0 Å². The average Bonchev–Trinajstić information content (AvgIpc) is 2.97. The Morgan fingerprint density at radius 3 is 2.17 bits per heavy atom. The van der Waals surface area contributed by atoms with E-state index in [2.05, 4.69) is 54.6 Å². The maximum atomic E-state index is 9.71. The molecule has 1 aliphatic carbocycles. The zero-order chi connectivity index (χ0) is 15.7. The van der Waals surface area contributed by atoms with Crippen molar-refractivity contribution >= 4 is 0 Å². The summed E-state index contributed by atoms with van der Waals surface area (Å²) in [4.78, 5) is 0. The maximum Gasteiger partial charge on any atom is 0.191 e. The fraction of sp³-hybridized carbons (Fsp3) is 0.300. The normalized spacial score (nSPS) is 33.2. The van der Waals surface area contributed by atoms with Gasteiger partial charge in [-0.25, -0.2) is 0 Å². The average molecular weight is 308 g/mol. The van der Waals surface area contributed by atoms with Gasteiger partial charge in [0, 0.05) is 12.3 Å². The Kier molecular flexibility index (Phi) is 3.77. The third-order valence-electron chi connectivity index (χ3n) is 4.71. The molecule has 1 spiro atoms. The summed E-state index contributed by atoms with van der Waals surface area (Å²) in [7, 11) is 0. The number of hydrogen-bond donors (Lipinski definition) is 1. The molecule has 4 atom stereocenters. The van der Waals surface area contributed by atoms with Gasteiger partial charge in [0.1, 0.15) is 6.61 Å². The van der Waals surface area contributed by atoms with E-state index >= 15 is 0 Å². The molecule has 1 unspecified atom stereocenters. The van der Waals surface area contributed by atoms with Gasteiger partial charge >= 0.3 is 0 Å². The van der Waals surface area contributed by atoms with Crippen molar-refractivity contribution < 1.29 is 14.6 Å². The molecule has 118 valence electrons. The minimum atomic E-state index is -0.843. The molecule has 0 aromatic heterocycles. The van der Waals surface area contributed by atoms with E-state index in [1.807, 2.05) is 18.2 Å². The first-order chi connectivity index (χ1) is 11.3. The fourth-order valence-electron chi connectivity index (χ4n) is 3.64. The maximum absolute atomic E-state index is 9.71. The van der Waals surface area contributed by atoms with E-state index in [0.717, 1.165) is 0 Å². The number of aliphatic hydroxyl groups is 1. The molecular weight excluding hydrogens is 288 g/mol. The summed E-state index contributed by atoms with van der Waals surface area (Å²) in [6.45, 7) is 0.224. The summed E-state index contributed by atoms with van der Waals surface area (Å²) in [6, 6.07) is 21.0. The van der Waals surface area contributed by atoms with E-state index in [1.165, 1.54) is 11.1 Å². The van der Waals surface area contributed by atoms with Gasteiger partial charge in [-0.1, -0.05) is 66.7 Å². The molecule has 2 aromatic rings. The van der Waals surface area contributed by atoms with Gasteiger partial charge in [-0.15, -0.1) is 0 Å². The highest BCUT2D eigenvalue weighted by Crippen LogP contribution is 2.47. The molecule has 1 N–H and O–H groups in total. The Labute approximate surface area is 136 Å². The summed E-state index contributed by atoms with van der Waals surface area (Å²) < 4.78 is 11.4. The Morgan fingerprint density at radius 1 is 0.913 bits per heavy atom. The summed E-state index contributed by atoms with van der Waals surface area (Å²) >= 11 is 0. The highest BCUT2D eigenvalue weighted by atomic mass is 16.8. The van der Waals surface area contributed by atoms with Crippen LogP contribution in [0.3, 0.4) is 0 Å². The van der Waals surface area contributed by atoms with Crippen LogP contribution >= 0.6 is 0 Å². The lowest BCUT2D eigenvalue weighted by Crippen LogP contribution is -2.35. The van der Waals surface area contributed by atoms with Crippen molar-refractivity contribution in [3.63, 3.8) is 0 Å². The standard InChI is InChI=1S/C20H20O3/c21-19-14-22-20(23-19)12-11-17(15-7-3-1-4-8-15)18(13-20)16-9-5-2-6-10-16/h1-12,17-19,21H,13-14H2/t17-,18-,19+,20?/m1/s1. The Bertz CT molecular complexity index is 683. The van der Waals surface area contributed by atoms with Gasteiger partial charge in [-0.2, -0.15) is 0 Å². The molecule has 2 aliphatic rings. The molecule has 0 saturated carbocycles. The van der Waals surface area contributed by atoms with Crippen LogP contribution in [0.1, 0.15) is 29.4 Å². The van der Waals surface area contributed by atoms with Gasteiger partial charge in [-0.05, 0) is 23.1 Å². The van der Waals surface area contributed by atoms with Crippen LogP contribution in [-0.2, 0) is 9.47 Å². The molecule has 2 aromatic carbocycles. The highest BCUT2D eigenvalue weighted by Gasteiger charge is 2.45. The molecule has 1 saturated heterocycles. The van der Waals surface area contributed by atoms with Crippen LogP contribution in [0.2, 0.25) is 0 Å². The van der Waals surface area contributed by atoms with E-state index in [4.69, 9.17) is 9.47 Å². The van der Waals surface area contributed by atoms with Crippen LogP contribution in [0, 0.1) is 0 Å². The molecule has 3 heteroatoms. The molecular formula is C20H20O3. The number of ether oxygens (including phenoxy) is 2. The summed E-state index contributed by atoms with van der Waals surface area (Å²) in [5, 5.41) is 9.71. The van der Waals surface area contributed by atoms with Crippen molar-refractivity contribution in [2.45, 2.75) is 30.3 Å². The molecule has 0 bridgehead atoms. The molecule has 23 heavy (non-hydrogen) atoms. The lowest BCUT2D eigenvalue weighted by Gasteiger charge is -2.37. The summed E-state index contributed by atoms with van der Waals surface area (Å²) in [5.74, 6) is -0.284. The molecule has 1 fully saturated rings. The zero-order valence-corrected chi connectivity index (χ0v) is 12.8. The van der Waals surface area contributed by atoms with E-state index in [0.29, 0.717) is 6.42 Å². The van der Waals surface area contributed by atoms with Crippen LogP contribution in [0.25, 0.3) is 0 Å². The molecule has 1 heterocycles. The smallest absolute Gasteiger partial charge is 0.191 e. The van der Waals surface area contributed by atoms with Crippen molar-refractivity contribution in [1.29, 1.82) is 0 Å². The third kappa shape index (κ3) is 2.83. The Hall–Kier alpha value is -1.94. The number of rotatable bonds is 2. The van der Waals surface area contributed by atoms with Gasteiger partial charge in [0.25, 0.3) is 0 Å². The predicted molar refractivity (Wildman–Crippen MR) is 87.9 cm³/mol. The fourth-order valence-corrected chi connectivity index (χ4v) is 3.64. The SMILES string of the molecule is O[C@@H]1COC2(C=C[C@H](c3ccccc3)[C@@H](c3ccccc3)C2)O1. The van der Waals surface area contributed by atoms with Gasteiger partial charge in [0.2, 0.25) is 0 Å². The predicted octanol–water partition coefficient (Wildman–Crippen LogP) is 3.58. The van der Waals surface area contributed by atoms with E-state index in [1.54, 1.807) is 0 Å². The number of hydrogen-bond acceptors (Lipinski definition) is 3. The molecule has 3 nitrogen and oxygen atoms in total. The van der Waals surface area contributed by atoms with Gasteiger partial charge in [-0.3, -0.25) is 0 Å². The van der Waals surface area contributed by atoms with Crippen molar-refractivity contribution in [1.82, 2.24) is 0 Å². The minimum absolute atomic E-state index is 0.224. The van der Waals surface area contributed by atoms with Crippen molar-refractivity contribution in [3.8, 4) is 0 Å². The molecule has 4 rings (SSSR count).